The highest BCUT2D eigenvalue weighted by molar-refractivity contribution is 6.01. The standard InChI is InChI=1S/C37H60N6O12/c1-22(19-44)29(35(52)54-7)42-33(50)30(39-17-11-9-8-10-12-25-13-15-27(47)16-14-25)26(20-45)18-40-31(48)24(3)43(36(53)55-37(4,5)6)34(51)23(2)41-32(49)28(38)21-46/h13-16,19,22-24,26,28-30,39,45-47H,8-12,17-18,20-21,38H2,1-7H3,(H,40,48)(H,41,49)(H,42,50)/t22?,23-,24-,26?,28-,29-,30-/m0/s1. The molecule has 2 unspecified atom stereocenters. The normalized spacial score (nSPS) is 15.2. The summed E-state index contributed by atoms with van der Waals surface area (Å²) in [6, 6.07) is 0.185. The van der Waals surface area contributed by atoms with E-state index in [0.29, 0.717) is 24.2 Å². The Hall–Kier alpha value is -4.65. The number of rotatable bonds is 23. The third-order valence-electron chi connectivity index (χ3n) is 8.57. The Balaban J connectivity index is 3.18. The van der Waals surface area contributed by atoms with Gasteiger partial charge in [-0.3, -0.25) is 19.2 Å². The number of aryl methyl sites for hydroxylation is 1. The van der Waals surface area contributed by atoms with Gasteiger partial charge in [0, 0.05) is 25.0 Å². The lowest BCUT2D eigenvalue weighted by atomic mass is 9.97. The van der Waals surface area contributed by atoms with Crippen LogP contribution >= 0.6 is 0 Å². The van der Waals surface area contributed by atoms with Gasteiger partial charge in [-0.2, -0.15) is 0 Å². The van der Waals surface area contributed by atoms with Crippen molar-refractivity contribution in [1.82, 2.24) is 26.2 Å². The molecule has 1 aromatic rings. The number of phenolic OH excluding ortho intramolecular Hbond substituents is 1. The van der Waals surface area contributed by atoms with Crippen molar-refractivity contribution < 1.29 is 58.4 Å². The molecule has 0 saturated heterocycles. The first kappa shape index (κ1) is 48.4. The first-order chi connectivity index (χ1) is 25.8. The summed E-state index contributed by atoms with van der Waals surface area (Å²) in [6.45, 7) is 7.17. The summed E-state index contributed by atoms with van der Waals surface area (Å²) in [5.41, 5.74) is 5.53. The molecule has 55 heavy (non-hydrogen) atoms. The number of hydrogen-bond acceptors (Lipinski definition) is 14. The molecule has 0 aliphatic rings. The van der Waals surface area contributed by atoms with Crippen LogP contribution in [0.2, 0.25) is 0 Å². The predicted octanol–water partition coefficient (Wildman–Crippen LogP) is -0.353. The van der Waals surface area contributed by atoms with Gasteiger partial charge in [0.05, 0.1) is 19.8 Å². The van der Waals surface area contributed by atoms with Crippen molar-refractivity contribution in [1.29, 1.82) is 0 Å². The maximum absolute atomic E-state index is 13.7. The fourth-order valence-corrected chi connectivity index (χ4v) is 5.26. The Morgan fingerprint density at radius 1 is 0.873 bits per heavy atom. The SMILES string of the molecule is COC(=O)[C@@H](NC(=O)[C@@H](NCCCCCCc1ccc(O)cc1)C(CO)CNC(=O)[C@H](C)N(C(=O)OC(C)(C)C)C(=O)[C@H](C)NC(=O)[C@@H](N)CO)C(C)C=O. The van der Waals surface area contributed by atoms with E-state index >= 15 is 0 Å². The number of aliphatic hydroxyl groups is 2. The quantitative estimate of drug-likeness (QED) is 0.0401. The number of ether oxygens (including phenoxy) is 2. The number of esters is 1. The van der Waals surface area contributed by atoms with Gasteiger partial charge in [-0.15, -0.1) is 0 Å². The average molecular weight is 781 g/mol. The molecule has 0 aliphatic heterocycles. The smallest absolute Gasteiger partial charge is 0.417 e. The van der Waals surface area contributed by atoms with Gasteiger partial charge in [-0.25, -0.2) is 14.5 Å². The van der Waals surface area contributed by atoms with Crippen LogP contribution in [0, 0.1) is 11.8 Å². The van der Waals surface area contributed by atoms with Crippen LogP contribution in [-0.4, -0.2) is 131 Å². The number of aromatic hydroxyl groups is 1. The van der Waals surface area contributed by atoms with Gasteiger partial charge in [0.1, 0.15) is 41.8 Å². The fourth-order valence-electron chi connectivity index (χ4n) is 5.26. The number of methoxy groups -OCH3 is 1. The molecule has 310 valence electrons. The first-order valence-corrected chi connectivity index (χ1v) is 18.3. The molecule has 1 rings (SSSR count). The Morgan fingerprint density at radius 3 is 2.04 bits per heavy atom. The maximum atomic E-state index is 13.7. The Morgan fingerprint density at radius 2 is 1.49 bits per heavy atom. The van der Waals surface area contributed by atoms with Gasteiger partial charge in [0.2, 0.25) is 17.7 Å². The van der Waals surface area contributed by atoms with E-state index in [0.717, 1.165) is 38.4 Å². The molecule has 0 bridgehead atoms. The van der Waals surface area contributed by atoms with Crippen molar-refractivity contribution in [3.05, 3.63) is 29.8 Å². The van der Waals surface area contributed by atoms with Crippen LogP contribution in [-0.2, 0) is 44.7 Å². The molecule has 0 aromatic heterocycles. The molecule has 18 heteroatoms. The van der Waals surface area contributed by atoms with Gasteiger partial charge in [0.15, 0.2) is 0 Å². The summed E-state index contributed by atoms with van der Waals surface area (Å²) < 4.78 is 10.1. The number of aliphatic hydroxyl groups excluding tert-OH is 2. The van der Waals surface area contributed by atoms with Gasteiger partial charge in [0.25, 0.3) is 5.91 Å². The topological polar surface area (TPSA) is 276 Å². The van der Waals surface area contributed by atoms with Gasteiger partial charge in [-0.1, -0.05) is 31.9 Å². The van der Waals surface area contributed by atoms with E-state index in [1.807, 2.05) is 12.1 Å². The number of imide groups is 1. The number of hydrogen-bond donors (Lipinski definition) is 8. The number of unbranched alkanes of at least 4 members (excludes halogenated alkanes) is 3. The highest BCUT2D eigenvalue weighted by Gasteiger charge is 2.39. The predicted molar refractivity (Wildman–Crippen MR) is 200 cm³/mol. The molecule has 18 nitrogen and oxygen atoms in total. The molecule has 0 fully saturated rings. The Labute approximate surface area is 322 Å². The van der Waals surface area contributed by atoms with Crippen molar-refractivity contribution in [2.45, 2.75) is 109 Å². The number of benzene rings is 1. The van der Waals surface area contributed by atoms with Crippen LogP contribution in [0.3, 0.4) is 0 Å². The molecule has 7 atom stereocenters. The summed E-state index contributed by atoms with van der Waals surface area (Å²) >= 11 is 0. The molecule has 0 saturated carbocycles. The maximum Gasteiger partial charge on any atom is 0.417 e. The lowest BCUT2D eigenvalue weighted by Crippen LogP contribution is -2.60. The van der Waals surface area contributed by atoms with E-state index in [1.165, 1.54) is 20.8 Å². The van der Waals surface area contributed by atoms with E-state index in [4.69, 9.17) is 15.2 Å². The van der Waals surface area contributed by atoms with Crippen LogP contribution in [0.4, 0.5) is 4.79 Å². The number of carbonyl (C=O) groups is 7. The van der Waals surface area contributed by atoms with E-state index in [2.05, 4.69) is 21.3 Å². The summed E-state index contributed by atoms with van der Waals surface area (Å²) in [5, 5.41) is 39.6. The van der Waals surface area contributed by atoms with Crippen molar-refractivity contribution in [2.24, 2.45) is 17.6 Å². The second-order valence-corrected chi connectivity index (χ2v) is 14.3. The zero-order chi connectivity index (χ0) is 41.9. The zero-order valence-electron chi connectivity index (χ0n) is 32.8. The van der Waals surface area contributed by atoms with E-state index in [1.54, 1.807) is 32.9 Å². The monoisotopic (exact) mass is 780 g/mol. The highest BCUT2D eigenvalue weighted by Crippen LogP contribution is 2.16. The number of carbonyl (C=O) groups excluding carboxylic acids is 7. The van der Waals surface area contributed by atoms with Crippen LogP contribution < -0.4 is 27.0 Å². The molecule has 0 aliphatic carbocycles. The molecular weight excluding hydrogens is 720 g/mol. The molecule has 0 spiro atoms. The summed E-state index contributed by atoms with van der Waals surface area (Å²) in [5.74, 6) is -6.17. The third-order valence-corrected chi connectivity index (χ3v) is 8.57. The number of nitrogens with two attached hydrogens (primary N) is 1. The first-order valence-electron chi connectivity index (χ1n) is 18.3. The Bertz CT molecular complexity index is 1420. The molecule has 0 heterocycles. The second kappa shape index (κ2) is 24.0. The average Bonchev–Trinajstić information content (AvgIpc) is 3.14. The van der Waals surface area contributed by atoms with E-state index < -0.39 is 96.6 Å². The zero-order valence-corrected chi connectivity index (χ0v) is 32.8. The number of amides is 5. The van der Waals surface area contributed by atoms with Gasteiger partial charge in [-0.05, 0) is 78.1 Å². The fraction of sp³-hybridized carbons (Fsp3) is 0.649. The van der Waals surface area contributed by atoms with E-state index in [9.17, 15) is 48.9 Å². The minimum atomic E-state index is -1.52. The van der Waals surface area contributed by atoms with Crippen LogP contribution in [0.25, 0.3) is 0 Å². The highest BCUT2D eigenvalue weighted by atomic mass is 16.6. The molecule has 5 amide bonds. The summed E-state index contributed by atoms with van der Waals surface area (Å²) in [6.07, 6.45) is 3.26. The number of phenols is 1. The summed E-state index contributed by atoms with van der Waals surface area (Å²) in [4.78, 5) is 90.6. The van der Waals surface area contributed by atoms with Crippen LogP contribution in [0.5, 0.6) is 5.75 Å². The van der Waals surface area contributed by atoms with Crippen molar-refractivity contribution in [3.63, 3.8) is 0 Å². The molecular formula is C37H60N6O12. The minimum absolute atomic E-state index is 0.193. The molecule has 0 radical (unpaired) electrons. The number of nitrogens with zero attached hydrogens (tertiary/aromatic N) is 1. The van der Waals surface area contributed by atoms with Crippen LogP contribution in [0.15, 0.2) is 24.3 Å². The minimum Gasteiger partial charge on any atom is -0.508 e. The van der Waals surface area contributed by atoms with Crippen LogP contribution in [0.1, 0.15) is 72.8 Å². The largest absolute Gasteiger partial charge is 0.508 e. The van der Waals surface area contributed by atoms with Crippen molar-refractivity contribution in [3.8, 4) is 5.75 Å². The lowest BCUT2D eigenvalue weighted by molar-refractivity contribution is -0.147. The Kier molecular flexibility index (Phi) is 21.1. The summed E-state index contributed by atoms with van der Waals surface area (Å²) in [7, 11) is 1.10. The van der Waals surface area contributed by atoms with Gasteiger partial charge >= 0.3 is 12.1 Å². The van der Waals surface area contributed by atoms with Crippen molar-refractivity contribution >= 4 is 42.0 Å². The third kappa shape index (κ3) is 16.7. The lowest BCUT2D eigenvalue weighted by Gasteiger charge is -2.32. The second-order valence-electron chi connectivity index (χ2n) is 14.3. The number of nitrogens with one attached hydrogen (secondary N) is 4. The van der Waals surface area contributed by atoms with Gasteiger partial charge < -0.3 is 56.6 Å². The molecule has 1 aromatic carbocycles. The van der Waals surface area contributed by atoms with Crippen molar-refractivity contribution in [2.75, 3.05) is 33.4 Å². The van der Waals surface area contributed by atoms with E-state index in [-0.39, 0.29) is 12.3 Å². The molecule has 9 N–H and O–H groups in total. The number of aldehydes is 1.